The summed E-state index contributed by atoms with van der Waals surface area (Å²) in [6, 6.07) is 10.1. The third-order valence-corrected chi connectivity index (χ3v) is 3.35. The van der Waals surface area contributed by atoms with E-state index in [1.807, 2.05) is 30.3 Å². The van der Waals surface area contributed by atoms with Crippen molar-refractivity contribution in [3.05, 3.63) is 50.3 Å². The minimum absolute atomic E-state index is 0.214. The Balaban J connectivity index is 2.35. The van der Waals surface area contributed by atoms with Gasteiger partial charge in [-0.2, -0.15) is 0 Å². The van der Waals surface area contributed by atoms with E-state index in [2.05, 4.69) is 32.6 Å². The second kappa shape index (κ2) is 4.97. The SMILES string of the molecule is Nc1nc(Cl)c(Cc2ccccc2)c(I)n1. The number of aromatic nitrogens is 2. The molecule has 0 amide bonds. The van der Waals surface area contributed by atoms with Crippen LogP contribution < -0.4 is 5.73 Å². The second-order valence-corrected chi connectivity index (χ2v) is 4.68. The normalized spacial score (nSPS) is 10.4. The molecule has 0 aliphatic carbocycles. The number of halogens is 2. The molecule has 3 nitrogen and oxygen atoms in total. The Morgan fingerprint density at radius 1 is 1.19 bits per heavy atom. The molecule has 2 N–H and O–H groups in total. The molecule has 5 heteroatoms. The zero-order valence-electron chi connectivity index (χ0n) is 8.32. The third kappa shape index (κ3) is 2.62. The highest BCUT2D eigenvalue weighted by atomic mass is 127. The Bertz CT molecular complexity index is 479. The molecule has 16 heavy (non-hydrogen) atoms. The van der Waals surface area contributed by atoms with Crippen molar-refractivity contribution in [2.45, 2.75) is 6.42 Å². The minimum Gasteiger partial charge on any atom is -0.368 e. The number of nitrogens with zero attached hydrogens (tertiary/aromatic N) is 2. The van der Waals surface area contributed by atoms with Crippen LogP contribution in [-0.4, -0.2) is 9.97 Å². The lowest BCUT2D eigenvalue weighted by Crippen LogP contribution is -2.03. The van der Waals surface area contributed by atoms with Gasteiger partial charge >= 0.3 is 0 Å². The first-order chi connectivity index (χ1) is 7.66. The Morgan fingerprint density at radius 3 is 2.50 bits per heavy atom. The maximum atomic E-state index is 6.05. The van der Waals surface area contributed by atoms with Crippen molar-refractivity contribution in [1.82, 2.24) is 9.97 Å². The van der Waals surface area contributed by atoms with Crippen LogP contribution in [0.1, 0.15) is 11.1 Å². The number of nitrogens with two attached hydrogens (primary N) is 1. The predicted octanol–water partition coefficient (Wildman–Crippen LogP) is 2.91. The molecule has 0 atom stereocenters. The van der Waals surface area contributed by atoms with Gasteiger partial charge in [0.15, 0.2) is 0 Å². The molecule has 0 saturated carbocycles. The molecule has 0 radical (unpaired) electrons. The van der Waals surface area contributed by atoms with Crippen LogP contribution in [0.25, 0.3) is 0 Å². The van der Waals surface area contributed by atoms with Crippen LogP contribution in [0.5, 0.6) is 0 Å². The van der Waals surface area contributed by atoms with Crippen molar-refractivity contribution in [2.75, 3.05) is 5.73 Å². The van der Waals surface area contributed by atoms with Crippen molar-refractivity contribution in [3.8, 4) is 0 Å². The zero-order chi connectivity index (χ0) is 11.5. The maximum absolute atomic E-state index is 6.05. The van der Waals surface area contributed by atoms with Crippen LogP contribution >= 0.6 is 34.2 Å². The molecular formula is C11H9ClIN3. The lowest BCUT2D eigenvalue weighted by Gasteiger charge is -2.06. The lowest BCUT2D eigenvalue weighted by atomic mass is 10.1. The molecule has 0 unspecified atom stereocenters. The first-order valence-corrected chi connectivity index (χ1v) is 6.14. The summed E-state index contributed by atoms with van der Waals surface area (Å²) in [6.07, 6.45) is 0.720. The molecule has 0 spiro atoms. The summed E-state index contributed by atoms with van der Waals surface area (Å²) >= 11 is 8.17. The van der Waals surface area contributed by atoms with E-state index in [4.69, 9.17) is 17.3 Å². The highest BCUT2D eigenvalue weighted by molar-refractivity contribution is 14.1. The fourth-order valence-corrected chi connectivity index (χ4v) is 2.49. The first kappa shape index (κ1) is 11.6. The van der Waals surface area contributed by atoms with Gasteiger partial charge in [-0.25, -0.2) is 9.97 Å². The van der Waals surface area contributed by atoms with Crippen LogP contribution in [0.4, 0.5) is 5.95 Å². The fourth-order valence-electron chi connectivity index (χ4n) is 1.39. The average molecular weight is 346 g/mol. The van der Waals surface area contributed by atoms with E-state index < -0.39 is 0 Å². The molecule has 0 aliphatic rings. The fraction of sp³-hybridized carbons (Fsp3) is 0.0909. The van der Waals surface area contributed by atoms with Crippen LogP contribution in [0, 0.1) is 3.70 Å². The van der Waals surface area contributed by atoms with Gasteiger partial charge < -0.3 is 5.73 Å². The van der Waals surface area contributed by atoms with Crippen molar-refractivity contribution in [1.29, 1.82) is 0 Å². The molecule has 1 aromatic carbocycles. The number of benzene rings is 1. The van der Waals surface area contributed by atoms with E-state index in [1.54, 1.807) is 0 Å². The van der Waals surface area contributed by atoms with Crippen molar-refractivity contribution in [3.63, 3.8) is 0 Å². The van der Waals surface area contributed by atoms with Gasteiger partial charge in [0.25, 0.3) is 0 Å². The maximum Gasteiger partial charge on any atom is 0.222 e. The molecule has 1 heterocycles. The van der Waals surface area contributed by atoms with Gasteiger partial charge in [-0.05, 0) is 28.2 Å². The van der Waals surface area contributed by atoms with Crippen molar-refractivity contribution >= 4 is 40.1 Å². The van der Waals surface area contributed by atoms with Gasteiger partial charge in [0, 0.05) is 12.0 Å². The molecule has 0 fully saturated rings. The third-order valence-electron chi connectivity index (χ3n) is 2.15. The average Bonchev–Trinajstić information content (AvgIpc) is 2.25. The van der Waals surface area contributed by atoms with E-state index >= 15 is 0 Å². The van der Waals surface area contributed by atoms with E-state index in [1.165, 1.54) is 5.56 Å². The summed E-state index contributed by atoms with van der Waals surface area (Å²) in [5.41, 5.74) is 7.61. The zero-order valence-corrected chi connectivity index (χ0v) is 11.2. The van der Waals surface area contributed by atoms with Crippen LogP contribution in [0.3, 0.4) is 0 Å². The summed E-state index contributed by atoms with van der Waals surface area (Å²) in [4.78, 5) is 8.06. The highest BCUT2D eigenvalue weighted by Crippen LogP contribution is 2.22. The molecule has 0 saturated heterocycles. The Morgan fingerprint density at radius 2 is 1.88 bits per heavy atom. The first-order valence-electron chi connectivity index (χ1n) is 4.68. The van der Waals surface area contributed by atoms with Gasteiger partial charge in [0.05, 0.1) is 0 Å². The smallest absolute Gasteiger partial charge is 0.222 e. The van der Waals surface area contributed by atoms with E-state index in [-0.39, 0.29) is 5.95 Å². The molecule has 2 aromatic rings. The summed E-state index contributed by atoms with van der Waals surface area (Å²) in [5, 5.41) is 0.431. The van der Waals surface area contributed by atoms with E-state index in [0.29, 0.717) is 5.15 Å². The standard InChI is InChI=1S/C11H9ClIN3/c12-9-8(10(13)16-11(14)15-9)6-7-4-2-1-3-5-7/h1-5H,6H2,(H2,14,15,16). The topological polar surface area (TPSA) is 51.8 Å². The number of rotatable bonds is 2. The monoisotopic (exact) mass is 345 g/mol. The molecule has 1 aromatic heterocycles. The van der Waals surface area contributed by atoms with Crippen LogP contribution in [0.2, 0.25) is 5.15 Å². The largest absolute Gasteiger partial charge is 0.368 e. The predicted molar refractivity (Wildman–Crippen MR) is 73.4 cm³/mol. The number of hydrogen-bond acceptors (Lipinski definition) is 3. The molecule has 0 bridgehead atoms. The lowest BCUT2D eigenvalue weighted by molar-refractivity contribution is 1.05. The summed E-state index contributed by atoms with van der Waals surface area (Å²) in [7, 11) is 0. The van der Waals surface area contributed by atoms with Crippen molar-refractivity contribution in [2.24, 2.45) is 0 Å². The van der Waals surface area contributed by atoms with Gasteiger partial charge in [-0.1, -0.05) is 41.9 Å². The number of nitrogen functional groups attached to an aromatic ring is 1. The van der Waals surface area contributed by atoms with Gasteiger partial charge in [0.2, 0.25) is 5.95 Å². The molecule has 2 rings (SSSR count). The minimum atomic E-state index is 0.214. The van der Waals surface area contributed by atoms with Crippen LogP contribution in [-0.2, 0) is 6.42 Å². The Kier molecular flexibility index (Phi) is 3.60. The highest BCUT2D eigenvalue weighted by Gasteiger charge is 2.10. The Hall–Kier alpha value is -0.880. The quantitative estimate of drug-likeness (QED) is 0.672. The van der Waals surface area contributed by atoms with Crippen LogP contribution in [0.15, 0.2) is 30.3 Å². The van der Waals surface area contributed by atoms with E-state index in [9.17, 15) is 0 Å². The van der Waals surface area contributed by atoms with E-state index in [0.717, 1.165) is 15.7 Å². The van der Waals surface area contributed by atoms with Gasteiger partial charge in [-0.3, -0.25) is 0 Å². The summed E-state index contributed by atoms with van der Waals surface area (Å²) < 4.78 is 0.805. The summed E-state index contributed by atoms with van der Waals surface area (Å²) in [5.74, 6) is 0.214. The van der Waals surface area contributed by atoms with Gasteiger partial charge in [0.1, 0.15) is 8.85 Å². The van der Waals surface area contributed by atoms with Crippen molar-refractivity contribution < 1.29 is 0 Å². The molecular weight excluding hydrogens is 336 g/mol. The number of hydrogen-bond donors (Lipinski definition) is 1. The molecule has 0 aliphatic heterocycles. The summed E-state index contributed by atoms with van der Waals surface area (Å²) in [6.45, 7) is 0. The Labute approximate surface area is 112 Å². The van der Waals surface area contributed by atoms with Gasteiger partial charge in [-0.15, -0.1) is 0 Å². The number of anilines is 1. The molecule has 82 valence electrons. The second-order valence-electron chi connectivity index (χ2n) is 3.30.